The van der Waals surface area contributed by atoms with Gasteiger partial charge in [0.1, 0.15) is 12.4 Å². The van der Waals surface area contributed by atoms with E-state index in [9.17, 15) is 22.4 Å². The van der Waals surface area contributed by atoms with Gasteiger partial charge in [-0.25, -0.2) is 4.39 Å². The molecule has 0 bridgehead atoms. The summed E-state index contributed by atoms with van der Waals surface area (Å²) in [6.45, 7) is 3.05. The van der Waals surface area contributed by atoms with E-state index in [2.05, 4.69) is 0 Å². The lowest BCUT2D eigenvalue weighted by molar-refractivity contribution is -0.140. The Bertz CT molecular complexity index is 438. The number of hydrogen-bond acceptors (Lipinski definition) is 2. The lowest BCUT2D eigenvalue weighted by Crippen LogP contribution is -2.15. The van der Waals surface area contributed by atoms with Crippen LogP contribution in [-0.4, -0.2) is 18.5 Å². The Morgan fingerprint density at radius 2 is 1.94 bits per heavy atom. The van der Waals surface area contributed by atoms with Crippen LogP contribution in [0.3, 0.4) is 0 Å². The maximum absolute atomic E-state index is 13.0. The first-order valence-corrected chi connectivity index (χ1v) is 5.23. The van der Waals surface area contributed by atoms with Crippen LogP contribution in [0.4, 0.5) is 17.6 Å². The molecule has 6 heteroatoms. The normalized spacial score (nSPS) is 11.9. The van der Waals surface area contributed by atoms with Crippen molar-refractivity contribution < 1.29 is 27.1 Å². The molecule has 1 aromatic rings. The van der Waals surface area contributed by atoms with Gasteiger partial charge in [0.05, 0.1) is 11.7 Å². The zero-order valence-electron chi connectivity index (χ0n) is 9.84. The van der Waals surface area contributed by atoms with Crippen molar-refractivity contribution in [3.8, 4) is 0 Å². The van der Waals surface area contributed by atoms with Gasteiger partial charge in [0.25, 0.3) is 0 Å². The van der Waals surface area contributed by atoms with Gasteiger partial charge in [0.15, 0.2) is 5.78 Å². The third-order valence-corrected chi connectivity index (χ3v) is 2.14. The smallest absolute Gasteiger partial charge is 0.371 e. The largest absolute Gasteiger partial charge is 0.419 e. The van der Waals surface area contributed by atoms with Crippen molar-refractivity contribution in [3.05, 3.63) is 35.1 Å². The zero-order valence-corrected chi connectivity index (χ0v) is 9.84. The number of alkyl halides is 3. The van der Waals surface area contributed by atoms with Crippen LogP contribution in [-0.2, 0) is 10.9 Å². The molecule has 0 aliphatic heterocycles. The standard InChI is InChI=1S/C12H12F4O2/c1-7(2)18-6-11(17)8-3-4-10(13)9(5-8)12(14,15)16/h3-5,7H,6H2,1-2H3. The van der Waals surface area contributed by atoms with E-state index in [4.69, 9.17) is 4.74 Å². The van der Waals surface area contributed by atoms with Crippen molar-refractivity contribution in [1.29, 1.82) is 0 Å². The molecule has 0 saturated heterocycles. The number of hydrogen-bond donors (Lipinski definition) is 0. The molecular formula is C12H12F4O2. The third kappa shape index (κ3) is 3.80. The van der Waals surface area contributed by atoms with Crippen LogP contribution < -0.4 is 0 Å². The average molecular weight is 264 g/mol. The molecule has 18 heavy (non-hydrogen) atoms. The van der Waals surface area contributed by atoms with Crippen molar-refractivity contribution in [2.24, 2.45) is 0 Å². The summed E-state index contributed by atoms with van der Waals surface area (Å²) in [7, 11) is 0. The van der Waals surface area contributed by atoms with Gasteiger partial charge in [-0.3, -0.25) is 4.79 Å². The maximum Gasteiger partial charge on any atom is 0.419 e. The van der Waals surface area contributed by atoms with Crippen LogP contribution in [0.2, 0.25) is 0 Å². The van der Waals surface area contributed by atoms with Gasteiger partial charge < -0.3 is 4.74 Å². The molecule has 2 nitrogen and oxygen atoms in total. The Labute approximate surface area is 102 Å². The van der Waals surface area contributed by atoms with Crippen LogP contribution >= 0.6 is 0 Å². The van der Waals surface area contributed by atoms with E-state index < -0.39 is 23.3 Å². The first-order chi connectivity index (χ1) is 8.21. The number of rotatable bonds is 4. The molecular weight excluding hydrogens is 252 g/mol. The molecule has 0 aromatic heterocycles. The van der Waals surface area contributed by atoms with E-state index in [0.717, 1.165) is 6.07 Å². The van der Waals surface area contributed by atoms with Crippen molar-refractivity contribution in [2.75, 3.05) is 6.61 Å². The Morgan fingerprint density at radius 3 is 2.44 bits per heavy atom. The van der Waals surface area contributed by atoms with E-state index in [1.807, 2.05) is 0 Å². The van der Waals surface area contributed by atoms with E-state index >= 15 is 0 Å². The zero-order chi connectivity index (χ0) is 13.9. The molecule has 1 rings (SSSR count). The minimum Gasteiger partial charge on any atom is -0.371 e. The van der Waals surface area contributed by atoms with Crippen LogP contribution in [0.1, 0.15) is 29.8 Å². The topological polar surface area (TPSA) is 26.3 Å². The fraction of sp³-hybridized carbons (Fsp3) is 0.417. The second-order valence-corrected chi connectivity index (χ2v) is 3.98. The number of ether oxygens (including phenoxy) is 1. The molecule has 0 radical (unpaired) electrons. The lowest BCUT2D eigenvalue weighted by atomic mass is 10.1. The predicted molar refractivity (Wildman–Crippen MR) is 56.8 cm³/mol. The summed E-state index contributed by atoms with van der Waals surface area (Å²) in [5.41, 5.74) is -1.66. The fourth-order valence-corrected chi connectivity index (χ4v) is 1.24. The van der Waals surface area contributed by atoms with Gasteiger partial charge in [-0.1, -0.05) is 0 Å². The molecule has 1 aromatic carbocycles. The molecule has 0 fully saturated rings. The Hall–Kier alpha value is -1.43. The molecule has 0 aliphatic rings. The summed E-state index contributed by atoms with van der Waals surface area (Å²) in [5.74, 6) is -2.02. The van der Waals surface area contributed by atoms with E-state index in [1.165, 1.54) is 0 Å². The number of carbonyl (C=O) groups excluding carboxylic acids is 1. The molecule has 0 atom stereocenters. The molecule has 0 N–H and O–H groups in total. The number of benzene rings is 1. The monoisotopic (exact) mass is 264 g/mol. The average Bonchev–Trinajstić information content (AvgIpc) is 2.24. The van der Waals surface area contributed by atoms with Crippen LogP contribution in [0.15, 0.2) is 18.2 Å². The summed E-state index contributed by atoms with van der Waals surface area (Å²) in [6.07, 6.45) is -5.03. The van der Waals surface area contributed by atoms with E-state index in [1.54, 1.807) is 13.8 Å². The highest BCUT2D eigenvalue weighted by molar-refractivity contribution is 5.97. The molecule has 0 aliphatic carbocycles. The summed E-state index contributed by atoms with van der Waals surface area (Å²) >= 11 is 0. The molecule has 0 saturated carbocycles. The highest BCUT2D eigenvalue weighted by Crippen LogP contribution is 2.31. The van der Waals surface area contributed by atoms with Gasteiger partial charge in [-0.2, -0.15) is 13.2 Å². The van der Waals surface area contributed by atoms with Crippen molar-refractivity contribution >= 4 is 5.78 Å². The number of halogens is 4. The summed E-state index contributed by atoms with van der Waals surface area (Å²) < 4.78 is 55.2. The lowest BCUT2D eigenvalue weighted by Gasteiger charge is -2.10. The molecule has 0 amide bonds. The second kappa shape index (κ2) is 5.48. The van der Waals surface area contributed by atoms with Gasteiger partial charge in [-0.15, -0.1) is 0 Å². The van der Waals surface area contributed by atoms with Crippen molar-refractivity contribution in [2.45, 2.75) is 26.1 Å². The number of carbonyl (C=O) groups is 1. The summed E-state index contributed by atoms with van der Waals surface area (Å²) in [6, 6.07) is 2.14. The van der Waals surface area contributed by atoms with Crippen LogP contribution in [0.5, 0.6) is 0 Å². The van der Waals surface area contributed by atoms with Crippen molar-refractivity contribution in [1.82, 2.24) is 0 Å². The summed E-state index contributed by atoms with van der Waals surface area (Å²) in [4.78, 5) is 11.5. The maximum atomic E-state index is 13.0. The number of Topliss-reactive ketones (excluding diaryl/α,β-unsaturated/α-hetero) is 1. The molecule has 0 heterocycles. The SMILES string of the molecule is CC(C)OCC(=O)c1ccc(F)c(C(F)(F)F)c1. The first-order valence-electron chi connectivity index (χ1n) is 5.23. The molecule has 100 valence electrons. The number of ketones is 1. The predicted octanol–water partition coefficient (Wildman–Crippen LogP) is 3.45. The molecule has 0 unspecified atom stereocenters. The fourth-order valence-electron chi connectivity index (χ4n) is 1.24. The van der Waals surface area contributed by atoms with Gasteiger partial charge in [0, 0.05) is 5.56 Å². The van der Waals surface area contributed by atoms with Crippen LogP contribution in [0, 0.1) is 5.82 Å². The Balaban J connectivity index is 2.95. The van der Waals surface area contributed by atoms with E-state index in [-0.39, 0.29) is 18.3 Å². The quantitative estimate of drug-likeness (QED) is 0.615. The Kier molecular flexibility index (Phi) is 4.45. The van der Waals surface area contributed by atoms with Gasteiger partial charge >= 0.3 is 6.18 Å². The third-order valence-electron chi connectivity index (χ3n) is 2.14. The highest BCUT2D eigenvalue weighted by Gasteiger charge is 2.34. The second-order valence-electron chi connectivity index (χ2n) is 3.98. The minimum atomic E-state index is -4.82. The van der Waals surface area contributed by atoms with Crippen molar-refractivity contribution in [3.63, 3.8) is 0 Å². The van der Waals surface area contributed by atoms with Crippen LogP contribution in [0.25, 0.3) is 0 Å². The summed E-state index contributed by atoms with van der Waals surface area (Å²) in [5, 5.41) is 0. The minimum absolute atomic E-state index is 0.212. The van der Waals surface area contributed by atoms with E-state index in [0.29, 0.717) is 12.1 Å². The molecule has 0 spiro atoms. The van der Waals surface area contributed by atoms with Gasteiger partial charge in [-0.05, 0) is 32.0 Å². The first kappa shape index (κ1) is 14.6. The Morgan fingerprint density at radius 1 is 1.33 bits per heavy atom. The highest BCUT2D eigenvalue weighted by atomic mass is 19.4. The van der Waals surface area contributed by atoms with Gasteiger partial charge in [0.2, 0.25) is 0 Å².